The molecule has 18 heavy (non-hydrogen) atoms. The Morgan fingerprint density at radius 3 is 2.39 bits per heavy atom. The van der Waals surface area contributed by atoms with Gasteiger partial charge in [-0.05, 0) is 24.5 Å². The van der Waals surface area contributed by atoms with Crippen LogP contribution in [0.5, 0.6) is 0 Å². The molecule has 1 atom stereocenters. The lowest BCUT2D eigenvalue weighted by molar-refractivity contribution is -0.127. The first-order valence-corrected chi connectivity index (χ1v) is 6.57. The molecule has 1 aromatic rings. The molecule has 1 N–H and O–H groups in total. The lowest BCUT2D eigenvalue weighted by Gasteiger charge is -2.16. The Bertz CT molecular complexity index is 371. The van der Waals surface area contributed by atoms with Crippen LogP contribution in [-0.2, 0) is 11.2 Å². The van der Waals surface area contributed by atoms with Gasteiger partial charge in [0.05, 0.1) is 6.54 Å². The quantitative estimate of drug-likeness (QED) is 0.838. The van der Waals surface area contributed by atoms with E-state index in [1.54, 1.807) is 19.0 Å². The van der Waals surface area contributed by atoms with Crippen LogP contribution in [0.25, 0.3) is 0 Å². The molecule has 0 spiro atoms. The highest BCUT2D eigenvalue weighted by Gasteiger charge is 2.08. The van der Waals surface area contributed by atoms with Gasteiger partial charge in [0.25, 0.3) is 0 Å². The van der Waals surface area contributed by atoms with E-state index in [1.807, 2.05) is 0 Å². The number of nitrogens with one attached hydrogen (secondary N) is 1. The Hall–Kier alpha value is -1.35. The molecule has 0 aliphatic rings. The van der Waals surface area contributed by atoms with Crippen molar-refractivity contribution in [2.45, 2.75) is 32.7 Å². The molecule has 0 heterocycles. The Labute approximate surface area is 110 Å². The summed E-state index contributed by atoms with van der Waals surface area (Å²) in [5.74, 6) is 0.101. The van der Waals surface area contributed by atoms with Crippen molar-refractivity contribution < 1.29 is 4.79 Å². The van der Waals surface area contributed by atoms with E-state index in [-0.39, 0.29) is 11.9 Å². The van der Waals surface area contributed by atoms with E-state index in [0.717, 1.165) is 6.42 Å². The van der Waals surface area contributed by atoms with Crippen molar-refractivity contribution in [3.8, 4) is 0 Å². The number of nitrogens with zero attached hydrogens (tertiary/aromatic N) is 1. The number of hydrogen-bond acceptors (Lipinski definition) is 2. The van der Waals surface area contributed by atoms with Crippen LogP contribution in [0.15, 0.2) is 24.3 Å². The normalized spacial score (nSPS) is 12.2. The lowest BCUT2D eigenvalue weighted by atomic mass is 10.0. The molecule has 0 aliphatic heterocycles. The minimum atomic E-state index is 0.101. The molecule has 3 heteroatoms. The fourth-order valence-corrected chi connectivity index (χ4v) is 1.78. The summed E-state index contributed by atoms with van der Waals surface area (Å²) in [5, 5.41) is 3.24. The van der Waals surface area contributed by atoms with Gasteiger partial charge in [-0.15, -0.1) is 0 Å². The number of hydrogen-bond donors (Lipinski definition) is 1. The monoisotopic (exact) mass is 248 g/mol. The summed E-state index contributed by atoms with van der Waals surface area (Å²) in [6.07, 6.45) is 2.30. The summed E-state index contributed by atoms with van der Waals surface area (Å²) in [6.45, 7) is 4.65. The smallest absolute Gasteiger partial charge is 0.236 e. The van der Waals surface area contributed by atoms with E-state index in [2.05, 4.69) is 43.4 Å². The van der Waals surface area contributed by atoms with E-state index < -0.39 is 0 Å². The number of aryl methyl sites for hydroxylation is 1. The second-order valence-corrected chi connectivity index (χ2v) is 4.88. The van der Waals surface area contributed by atoms with Gasteiger partial charge in [0.1, 0.15) is 0 Å². The van der Waals surface area contributed by atoms with Crippen LogP contribution in [0.2, 0.25) is 0 Å². The highest BCUT2D eigenvalue weighted by atomic mass is 16.2. The van der Waals surface area contributed by atoms with Crippen LogP contribution in [-0.4, -0.2) is 31.4 Å². The molecule has 1 unspecified atom stereocenters. The maximum atomic E-state index is 11.5. The topological polar surface area (TPSA) is 32.3 Å². The van der Waals surface area contributed by atoms with Gasteiger partial charge in [0.15, 0.2) is 0 Å². The van der Waals surface area contributed by atoms with Gasteiger partial charge >= 0.3 is 0 Å². The van der Waals surface area contributed by atoms with E-state index in [1.165, 1.54) is 17.5 Å². The Balaban J connectivity index is 2.51. The van der Waals surface area contributed by atoms with Gasteiger partial charge in [-0.25, -0.2) is 0 Å². The third kappa shape index (κ3) is 4.49. The summed E-state index contributed by atoms with van der Waals surface area (Å²) in [7, 11) is 3.54. The highest BCUT2D eigenvalue weighted by Crippen LogP contribution is 2.14. The van der Waals surface area contributed by atoms with Crippen molar-refractivity contribution in [2.24, 2.45) is 0 Å². The maximum absolute atomic E-state index is 11.5. The SMILES string of the molecule is CCCc1ccc(C(C)NCC(=O)N(C)C)cc1. The van der Waals surface area contributed by atoms with Crippen LogP contribution in [0.4, 0.5) is 0 Å². The summed E-state index contributed by atoms with van der Waals surface area (Å²) in [6, 6.07) is 8.82. The second kappa shape index (κ2) is 7.17. The van der Waals surface area contributed by atoms with Crippen molar-refractivity contribution in [3.63, 3.8) is 0 Å². The molecule has 1 amide bonds. The zero-order valence-corrected chi connectivity index (χ0v) is 11.9. The minimum absolute atomic E-state index is 0.101. The highest BCUT2D eigenvalue weighted by molar-refractivity contribution is 5.77. The van der Waals surface area contributed by atoms with Crippen molar-refractivity contribution in [2.75, 3.05) is 20.6 Å². The molecular formula is C15H24N2O. The zero-order valence-electron chi connectivity index (χ0n) is 11.9. The third-order valence-electron chi connectivity index (χ3n) is 3.08. The first-order valence-electron chi connectivity index (χ1n) is 6.57. The molecule has 0 bridgehead atoms. The average molecular weight is 248 g/mol. The second-order valence-electron chi connectivity index (χ2n) is 4.88. The van der Waals surface area contributed by atoms with E-state index in [9.17, 15) is 4.79 Å². The van der Waals surface area contributed by atoms with Gasteiger partial charge < -0.3 is 10.2 Å². The third-order valence-corrected chi connectivity index (χ3v) is 3.08. The van der Waals surface area contributed by atoms with Gasteiger partial charge in [-0.3, -0.25) is 4.79 Å². The largest absolute Gasteiger partial charge is 0.348 e. The first-order chi connectivity index (χ1) is 8.54. The standard InChI is InChI=1S/C15H24N2O/c1-5-6-13-7-9-14(10-8-13)12(2)16-11-15(18)17(3)4/h7-10,12,16H,5-6,11H2,1-4H3. The Morgan fingerprint density at radius 2 is 1.89 bits per heavy atom. The van der Waals surface area contributed by atoms with Crippen LogP contribution in [0.3, 0.4) is 0 Å². The van der Waals surface area contributed by atoms with E-state index in [0.29, 0.717) is 6.54 Å². The Morgan fingerprint density at radius 1 is 1.28 bits per heavy atom. The van der Waals surface area contributed by atoms with E-state index >= 15 is 0 Å². The van der Waals surface area contributed by atoms with Crippen molar-refractivity contribution >= 4 is 5.91 Å². The van der Waals surface area contributed by atoms with Gasteiger partial charge in [-0.1, -0.05) is 37.6 Å². The van der Waals surface area contributed by atoms with Crippen molar-refractivity contribution in [3.05, 3.63) is 35.4 Å². The van der Waals surface area contributed by atoms with Crippen LogP contribution < -0.4 is 5.32 Å². The molecule has 100 valence electrons. The lowest BCUT2D eigenvalue weighted by Crippen LogP contribution is -2.34. The fraction of sp³-hybridized carbons (Fsp3) is 0.533. The first kappa shape index (κ1) is 14.7. The van der Waals surface area contributed by atoms with Gasteiger partial charge in [-0.2, -0.15) is 0 Å². The summed E-state index contributed by atoms with van der Waals surface area (Å²) in [4.78, 5) is 13.1. The number of rotatable bonds is 6. The fourth-order valence-electron chi connectivity index (χ4n) is 1.78. The predicted octanol–water partition coefficient (Wildman–Crippen LogP) is 2.38. The molecule has 0 fully saturated rings. The van der Waals surface area contributed by atoms with Crippen LogP contribution in [0, 0.1) is 0 Å². The number of likely N-dealkylation sites (N-methyl/N-ethyl adjacent to an activating group) is 1. The zero-order chi connectivity index (χ0) is 13.5. The van der Waals surface area contributed by atoms with Gasteiger partial charge in [0, 0.05) is 20.1 Å². The predicted molar refractivity (Wildman–Crippen MR) is 75.5 cm³/mol. The summed E-state index contributed by atoms with van der Waals surface area (Å²) in [5.41, 5.74) is 2.60. The summed E-state index contributed by atoms with van der Waals surface area (Å²) >= 11 is 0. The molecule has 3 nitrogen and oxygen atoms in total. The molecule has 0 aromatic heterocycles. The summed E-state index contributed by atoms with van der Waals surface area (Å²) < 4.78 is 0. The molecule has 0 saturated carbocycles. The number of amides is 1. The van der Waals surface area contributed by atoms with Crippen molar-refractivity contribution in [1.82, 2.24) is 10.2 Å². The molecule has 1 rings (SSSR count). The number of carbonyl (C=O) groups excluding carboxylic acids is 1. The molecular weight excluding hydrogens is 224 g/mol. The minimum Gasteiger partial charge on any atom is -0.348 e. The maximum Gasteiger partial charge on any atom is 0.236 e. The molecule has 0 saturated heterocycles. The molecule has 0 radical (unpaired) electrons. The average Bonchev–Trinajstić information content (AvgIpc) is 2.36. The van der Waals surface area contributed by atoms with Crippen LogP contribution in [0.1, 0.15) is 37.4 Å². The number of benzene rings is 1. The Kier molecular flexibility index (Phi) is 5.86. The van der Waals surface area contributed by atoms with Crippen molar-refractivity contribution in [1.29, 1.82) is 0 Å². The van der Waals surface area contributed by atoms with Crippen LogP contribution >= 0.6 is 0 Å². The van der Waals surface area contributed by atoms with E-state index in [4.69, 9.17) is 0 Å². The number of carbonyl (C=O) groups is 1. The molecule has 0 aliphatic carbocycles. The van der Waals surface area contributed by atoms with Gasteiger partial charge in [0.2, 0.25) is 5.91 Å². The molecule has 1 aromatic carbocycles.